The molecule has 1 heterocycles. The van der Waals surface area contributed by atoms with Crippen molar-refractivity contribution in [2.45, 2.75) is 43.2 Å². The minimum atomic E-state index is -4.04. The van der Waals surface area contributed by atoms with Crippen LogP contribution in [0.1, 0.15) is 53.4 Å². The van der Waals surface area contributed by atoms with E-state index in [1.54, 1.807) is 0 Å². The van der Waals surface area contributed by atoms with Gasteiger partial charge in [-0.1, -0.05) is 0 Å². The molecule has 0 fully saturated rings. The summed E-state index contributed by atoms with van der Waals surface area (Å²) in [6.07, 6.45) is 6.81. The molecular formula is C39H36Cl2SiZr. The van der Waals surface area contributed by atoms with Crippen LogP contribution in [0.3, 0.4) is 0 Å². The average Bonchev–Trinajstić information content (AvgIpc) is 3.62. The summed E-state index contributed by atoms with van der Waals surface area (Å²) in [5, 5.41) is 3.00. The van der Waals surface area contributed by atoms with E-state index >= 15 is 0 Å². The van der Waals surface area contributed by atoms with Gasteiger partial charge in [-0.05, 0) is 0 Å². The minimum absolute atomic E-state index is 0.0979. The number of allylic oxidation sites excluding steroid dienone is 1. The molecule has 0 radical (unpaired) electrons. The summed E-state index contributed by atoms with van der Waals surface area (Å²) in [6.45, 7) is 4.53. The molecule has 4 heteroatoms. The third-order valence-corrected chi connectivity index (χ3v) is 23.8. The van der Waals surface area contributed by atoms with Crippen LogP contribution in [0.15, 0.2) is 115 Å². The van der Waals surface area contributed by atoms with E-state index in [1.807, 2.05) is 0 Å². The van der Waals surface area contributed by atoms with E-state index in [2.05, 4.69) is 129 Å². The fourth-order valence-electron chi connectivity index (χ4n) is 7.38. The van der Waals surface area contributed by atoms with Gasteiger partial charge in [0.2, 0.25) is 0 Å². The molecule has 1 aliphatic heterocycles. The molecule has 1 unspecified atom stereocenters. The third kappa shape index (κ3) is 5.09. The SMILES string of the molecule is CCCCC1=Cc2c(ccc(-c3ccccc3)c2-c2ccccc2CC)[CH]1[Zr]([Cl])([Cl])[c]1cccc2c1[SiH2]c1ccccc1-2. The first-order valence-electron chi connectivity index (χ1n) is 15.6. The van der Waals surface area contributed by atoms with E-state index in [9.17, 15) is 0 Å². The van der Waals surface area contributed by atoms with Crippen LogP contribution < -0.4 is 13.6 Å². The van der Waals surface area contributed by atoms with E-state index in [4.69, 9.17) is 17.0 Å². The second-order valence-corrected chi connectivity index (χ2v) is 27.7. The first-order chi connectivity index (χ1) is 21.0. The van der Waals surface area contributed by atoms with Gasteiger partial charge in [0.1, 0.15) is 0 Å². The summed E-state index contributed by atoms with van der Waals surface area (Å²) >= 11 is -4.04. The van der Waals surface area contributed by atoms with Crippen molar-refractivity contribution in [3.63, 3.8) is 0 Å². The maximum atomic E-state index is 7.97. The molecule has 0 amide bonds. The van der Waals surface area contributed by atoms with Crippen molar-refractivity contribution >= 4 is 46.3 Å². The standard InChI is InChI=1S/C27H27.C12H9Si.2ClH.Zr/c1-3-5-11-20-18-23-16-17-25(22-13-7-6-8-14-22)27(26(23)19-20)24-15-10-9-12-21(24)4-2;1-3-7-11-9(5-1)10-6-2-4-8-12(10)13-11;;;/h6-10,12-19H,3-5,11H2,1-2H3;1-7H,13H2;2*1H;/q;;;;+2/p-2. The van der Waals surface area contributed by atoms with Gasteiger partial charge >= 0.3 is 272 Å². The summed E-state index contributed by atoms with van der Waals surface area (Å²) < 4.78 is 1.40. The van der Waals surface area contributed by atoms with Crippen LogP contribution in [0, 0.1) is 0 Å². The number of hydrogen-bond donors (Lipinski definition) is 0. The second kappa shape index (κ2) is 12.1. The molecule has 214 valence electrons. The fraction of sp³-hybridized carbons (Fsp3) is 0.179. The van der Waals surface area contributed by atoms with E-state index in [0.717, 1.165) is 25.7 Å². The molecule has 5 aromatic rings. The zero-order valence-corrected chi connectivity index (χ0v) is 30.2. The van der Waals surface area contributed by atoms with Gasteiger partial charge in [-0.15, -0.1) is 0 Å². The number of hydrogen-bond acceptors (Lipinski definition) is 0. The Morgan fingerprint density at radius 1 is 0.698 bits per heavy atom. The number of rotatable bonds is 8. The van der Waals surface area contributed by atoms with Gasteiger partial charge in [0, 0.05) is 0 Å². The number of aryl methyl sites for hydroxylation is 1. The molecule has 1 aliphatic carbocycles. The van der Waals surface area contributed by atoms with Gasteiger partial charge in [-0.3, -0.25) is 0 Å². The molecule has 5 aromatic carbocycles. The van der Waals surface area contributed by atoms with Crippen molar-refractivity contribution in [2.75, 3.05) is 0 Å². The predicted molar refractivity (Wildman–Crippen MR) is 188 cm³/mol. The van der Waals surface area contributed by atoms with Crippen LogP contribution in [0.4, 0.5) is 0 Å². The Kier molecular flexibility index (Phi) is 8.25. The van der Waals surface area contributed by atoms with Crippen molar-refractivity contribution in [1.82, 2.24) is 0 Å². The number of fused-ring (bicyclic) bond motifs is 4. The molecule has 43 heavy (non-hydrogen) atoms. The topological polar surface area (TPSA) is 0 Å². The Morgan fingerprint density at radius 2 is 1.42 bits per heavy atom. The van der Waals surface area contributed by atoms with Gasteiger partial charge in [-0.2, -0.15) is 0 Å². The van der Waals surface area contributed by atoms with Crippen molar-refractivity contribution in [3.05, 3.63) is 131 Å². The predicted octanol–water partition coefficient (Wildman–Crippen LogP) is 9.10. The van der Waals surface area contributed by atoms with Gasteiger partial charge < -0.3 is 0 Å². The third-order valence-electron chi connectivity index (χ3n) is 9.43. The second-order valence-electron chi connectivity index (χ2n) is 11.9. The molecule has 0 saturated carbocycles. The number of benzene rings is 5. The van der Waals surface area contributed by atoms with Crippen molar-refractivity contribution < 1.29 is 17.9 Å². The van der Waals surface area contributed by atoms with Crippen LogP contribution >= 0.6 is 17.0 Å². The van der Waals surface area contributed by atoms with E-state index in [1.165, 1.54) is 69.3 Å². The average molecular weight is 695 g/mol. The molecule has 0 nitrogen and oxygen atoms in total. The zero-order chi connectivity index (χ0) is 29.6. The first-order valence-corrected chi connectivity index (χ1v) is 26.0. The van der Waals surface area contributed by atoms with Gasteiger partial charge in [0.05, 0.1) is 0 Å². The number of halogens is 2. The van der Waals surface area contributed by atoms with Gasteiger partial charge in [0.25, 0.3) is 0 Å². The number of unbranched alkanes of at least 4 members (excludes halogenated alkanes) is 1. The molecule has 0 spiro atoms. The molecule has 0 aromatic heterocycles. The van der Waals surface area contributed by atoms with Crippen LogP contribution in [0.25, 0.3) is 39.5 Å². The Bertz CT molecular complexity index is 1860. The first kappa shape index (κ1) is 29.2. The maximum absolute atomic E-state index is 7.97. The molecule has 2 aliphatic rings. The fourth-order valence-corrected chi connectivity index (χ4v) is 24.2. The zero-order valence-electron chi connectivity index (χ0n) is 24.8. The van der Waals surface area contributed by atoms with Crippen LogP contribution in [0.2, 0.25) is 0 Å². The summed E-state index contributed by atoms with van der Waals surface area (Å²) in [5.74, 6) is 0. The summed E-state index contributed by atoms with van der Waals surface area (Å²) in [4.78, 5) is 0. The monoisotopic (exact) mass is 692 g/mol. The molecule has 0 bridgehead atoms. The summed E-state index contributed by atoms with van der Waals surface area (Å²) in [6, 6.07) is 40.2. The normalized spacial score (nSPS) is 15.7. The Labute approximate surface area is 270 Å². The Morgan fingerprint density at radius 3 is 2.21 bits per heavy atom. The van der Waals surface area contributed by atoms with Crippen molar-refractivity contribution in [2.24, 2.45) is 0 Å². The van der Waals surface area contributed by atoms with Crippen LogP contribution in [0.5, 0.6) is 0 Å². The van der Waals surface area contributed by atoms with E-state index in [-0.39, 0.29) is 3.63 Å². The van der Waals surface area contributed by atoms with E-state index in [0.29, 0.717) is 0 Å². The van der Waals surface area contributed by atoms with Crippen LogP contribution in [-0.2, 0) is 24.3 Å². The molecule has 7 rings (SSSR count). The Balaban J connectivity index is 1.45. The van der Waals surface area contributed by atoms with Gasteiger partial charge in [-0.25, -0.2) is 0 Å². The van der Waals surface area contributed by atoms with Crippen LogP contribution in [-0.4, -0.2) is 9.52 Å². The van der Waals surface area contributed by atoms with Gasteiger partial charge in [0.15, 0.2) is 0 Å². The summed E-state index contributed by atoms with van der Waals surface area (Å²) in [5.41, 5.74) is 13.4. The molecule has 0 N–H and O–H groups in total. The van der Waals surface area contributed by atoms with E-state index < -0.39 is 27.4 Å². The molecule has 0 saturated heterocycles. The Hall–Kier alpha value is -2.48. The van der Waals surface area contributed by atoms with Crippen molar-refractivity contribution in [1.29, 1.82) is 0 Å². The molecular weight excluding hydrogens is 659 g/mol. The van der Waals surface area contributed by atoms with Crippen molar-refractivity contribution in [3.8, 4) is 33.4 Å². The quantitative estimate of drug-likeness (QED) is 0.140. The molecule has 1 atom stereocenters. The summed E-state index contributed by atoms with van der Waals surface area (Å²) in [7, 11) is 15.3.